The molecule has 0 bridgehead atoms. The third-order valence-electron chi connectivity index (χ3n) is 4.68. The van der Waals surface area contributed by atoms with Crippen molar-refractivity contribution in [1.29, 1.82) is 0 Å². The van der Waals surface area contributed by atoms with Gasteiger partial charge in [0.1, 0.15) is 5.75 Å². The molecule has 0 radical (unpaired) electrons. The summed E-state index contributed by atoms with van der Waals surface area (Å²) >= 11 is 5.98. The minimum absolute atomic E-state index is 0.166. The SMILES string of the molecule is COc1c(C(N)=O)cc(-c2ccc(Cl)cc2)cc1-c1ccc(S(=O)(=O)N(C)C)cc1. The monoisotopic (exact) mass is 444 g/mol. The van der Waals surface area contributed by atoms with Crippen LogP contribution in [0.15, 0.2) is 65.6 Å². The number of nitrogens with zero attached hydrogens (tertiary/aromatic N) is 1. The van der Waals surface area contributed by atoms with Gasteiger partial charge < -0.3 is 10.5 Å². The van der Waals surface area contributed by atoms with Crippen molar-refractivity contribution < 1.29 is 17.9 Å². The quantitative estimate of drug-likeness (QED) is 0.621. The molecule has 30 heavy (non-hydrogen) atoms. The highest BCUT2D eigenvalue weighted by atomic mass is 35.5. The highest BCUT2D eigenvalue weighted by molar-refractivity contribution is 7.89. The number of benzene rings is 3. The van der Waals surface area contributed by atoms with E-state index in [0.29, 0.717) is 21.9 Å². The molecule has 0 saturated heterocycles. The number of halogens is 1. The molecule has 3 aromatic carbocycles. The molecule has 0 saturated carbocycles. The first-order valence-electron chi connectivity index (χ1n) is 8.96. The zero-order valence-corrected chi connectivity index (χ0v) is 18.3. The molecule has 0 aliphatic carbocycles. The Morgan fingerprint density at radius 1 is 0.933 bits per heavy atom. The maximum atomic E-state index is 12.3. The summed E-state index contributed by atoms with van der Waals surface area (Å²) in [5.74, 6) is -0.306. The number of sulfonamides is 1. The van der Waals surface area contributed by atoms with Crippen LogP contribution < -0.4 is 10.5 Å². The smallest absolute Gasteiger partial charge is 0.252 e. The third kappa shape index (κ3) is 4.18. The van der Waals surface area contributed by atoms with Crippen LogP contribution in [-0.2, 0) is 10.0 Å². The molecule has 8 heteroatoms. The maximum Gasteiger partial charge on any atom is 0.252 e. The molecule has 0 unspecified atom stereocenters. The van der Waals surface area contributed by atoms with Gasteiger partial charge in [0.2, 0.25) is 10.0 Å². The van der Waals surface area contributed by atoms with Gasteiger partial charge in [-0.05, 0) is 53.1 Å². The Hall–Kier alpha value is -2.87. The van der Waals surface area contributed by atoms with Gasteiger partial charge in [-0.25, -0.2) is 12.7 Å². The van der Waals surface area contributed by atoms with E-state index in [1.807, 2.05) is 18.2 Å². The van der Waals surface area contributed by atoms with E-state index in [9.17, 15) is 13.2 Å². The lowest BCUT2D eigenvalue weighted by atomic mass is 9.94. The van der Waals surface area contributed by atoms with Crippen LogP contribution in [0.4, 0.5) is 0 Å². The first kappa shape index (κ1) is 21.8. The van der Waals surface area contributed by atoms with Crippen molar-refractivity contribution in [2.75, 3.05) is 21.2 Å². The Bertz CT molecular complexity index is 1190. The number of nitrogens with two attached hydrogens (primary N) is 1. The van der Waals surface area contributed by atoms with Gasteiger partial charge in [0.25, 0.3) is 5.91 Å². The number of hydrogen-bond donors (Lipinski definition) is 1. The van der Waals surface area contributed by atoms with Crippen LogP contribution in [0.5, 0.6) is 5.75 Å². The minimum atomic E-state index is -3.55. The molecule has 6 nitrogen and oxygen atoms in total. The molecule has 0 fully saturated rings. The fourth-order valence-electron chi connectivity index (χ4n) is 3.07. The summed E-state index contributed by atoms with van der Waals surface area (Å²) in [5.41, 5.74) is 8.72. The fourth-order valence-corrected chi connectivity index (χ4v) is 4.10. The third-order valence-corrected chi connectivity index (χ3v) is 6.76. The Balaban J connectivity index is 2.20. The van der Waals surface area contributed by atoms with E-state index >= 15 is 0 Å². The van der Waals surface area contributed by atoms with Gasteiger partial charge in [0.05, 0.1) is 17.6 Å². The van der Waals surface area contributed by atoms with Crippen LogP contribution in [0.25, 0.3) is 22.3 Å². The van der Waals surface area contributed by atoms with Gasteiger partial charge in [-0.15, -0.1) is 0 Å². The average Bonchev–Trinajstić information content (AvgIpc) is 2.73. The van der Waals surface area contributed by atoms with Crippen LogP contribution in [0.3, 0.4) is 0 Å². The van der Waals surface area contributed by atoms with Crippen LogP contribution in [0, 0.1) is 0 Å². The molecule has 0 heterocycles. The summed E-state index contributed by atoms with van der Waals surface area (Å²) in [7, 11) is 0.850. The summed E-state index contributed by atoms with van der Waals surface area (Å²) in [6.07, 6.45) is 0. The molecule has 0 aliphatic rings. The van der Waals surface area contributed by atoms with Crippen LogP contribution in [0.2, 0.25) is 5.02 Å². The molecule has 156 valence electrons. The lowest BCUT2D eigenvalue weighted by Crippen LogP contribution is -2.22. The summed E-state index contributed by atoms with van der Waals surface area (Å²) in [4.78, 5) is 12.3. The van der Waals surface area contributed by atoms with E-state index in [-0.39, 0.29) is 10.5 Å². The van der Waals surface area contributed by atoms with Crippen molar-refractivity contribution in [1.82, 2.24) is 4.31 Å². The zero-order valence-electron chi connectivity index (χ0n) is 16.7. The molecule has 3 aromatic rings. The number of primary amides is 1. The second-order valence-corrected chi connectivity index (χ2v) is 9.38. The van der Waals surface area contributed by atoms with Crippen molar-refractivity contribution in [3.05, 3.63) is 71.2 Å². The number of carbonyl (C=O) groups is 1. The van der Waals surface area contributed by atoms with Gasteiger partial charge in [0, 0.05) is 24.7 Å². The molecular weight excluding hydrogens is 424 g/mol. The number of hydrogen-bond acceptors (Lipinski definition) is 4. The summed E-state index contributed by atoms with van der Waals surface area (Å²) < 4.78 is 31.3. The zero-order chi connectivity index (χ0) is 22.1. The first-order valence-corrected chi connectivity index (χ1v) is 10.8. The second-order valence-electron chi connectivity index (χ2n) is 6.79. The Morgan fingerprint density at radius 3 is 2.00 bits per heavy atom. The number of amides is 1. The molecular formula is C22H21ClN2O4S. The lowest BCUT2D eigenvalue weighted by molar-refractivity contribution is 0.0997. The normalized spacial score (nSPS) is 11.5. The van der Waals surface area contributed by atoms with E-state index in [4.69, 9.17) is 22.1 Å². The number of carbonyl (C=O) groups excluding carboxylic acids is 1. The van der Waals surface area contributed by atoms with Crippen molar-refractivity contribution in [3.8, 4) is 28.0 Å². The molecule has 0 aliphatic heterocycles. The average molecular weight is 445 g/mol. The number of methoxy groups -OCH3 is 1. The predicted molar refractivity (Wildman–Crippen MR) is 118 cm³/mol. The van der Waals surface area contributed by atoms with Gasteiger partial charge in [-0.1, -0.05) is 35.9 Å². The molecule has 0 atom stereocenters. The Labute approximate surface area is 180 Å². The highest BCUT2D eigenvalue weighted by Gasteiger charge is 2.20. The first-order chi connectivity index (χ1) is 14.1. The molecule has 2 N–H and O–H groups in total. The second kappa shape index (κ2) is 8.47. The van der Waals surface area contributed by atoms with E-state index in [1.54, 1.807) is 30.3 Å². The van der Waals surface area contributed by atoms with Gasteiger partial charge in [-0.3, -0.25) is 4.79 Å². The van der Waals surface area contributed by atoms with E-state index in [1.165, 1.54) is 33.3 Å². The molecule has 0 spiro atoms. The van der Waals surface area contributed by atoms with Gasteiger partial charge in [0.15, 0.2) is 0 Å². The van der Waals surface area contributed by atoms with Crippen LogP contribution in [0.1, 0.15) is 10.4 Å². The van der Waals surface area contributed by atoms with Crippen LogP contribution >= 0.6 is 11.6 Å². The highest BCUT2D eigenvalue weighted by Crippen LogP contribution is 2.38. The van der Waals surface area contributed by atoms with Crippen molar-refractivity contribution in [3.63, 3.8) is 0 Å². The van der Waals surface area contributed by atoms with E-state index in [0.717, 1.165) is 15.4 Å². The van der Waals surface area contributed by atoms with Crippen LogP contribution in [-0.4, -0.2) is 39.8 Å². The summed E-state index contributed by atoms with van der Waals surface area (Å²) in [6, 6.07) is 17.1. The van der Waals surface area contributed by atoms with E-state index in [2.05, 4.69) is 0 Å². The Morgan fingerprint density at radius 2 is 1.50 bits per heavy atom. The van der Waals surface area contributed by atoms with Gasteiger partial charge in [-0.2, -0.15) is 0 Å². The summed E-state index contributed by atoms with van der Waals surface area (Å²) in [6.45, 7) is 0. The predicted octanol–water partition coefficient (Wildman–Crippen LogP) is 4.03. The minimum Gasteiger partial charge on any atom is -0.495 e. The largest absolute Gasteiger partial charge is 0.495 e. The van der Waals surface area contributed by atoms with Crippen molar-refractivity contribution in [2.24, 2.45) is 5.73 Å². The summed E-state index contributed by atoms with van der Waals surface area (Å²) in [5, 5.41) is 0.598. The molecule has 1 amide bonds. The number of ether oxygens (including phenoxy) is 1. The number of rotatable bonds is 6. The van der Waals surface area contributed by atoms with Gasteiger partial charge >= 0.3 is 0 Å². The van der Waals surface area contributed by atoms with E-state index < -0.39 is 15.9 Å². The molecule has 0 aromatic heterocycles. The standard InChI is InChI=1S/C22H21ClN2O4S/c1-25(2)30(27,28)18-10-6-15(7-11-18)19-12-16(14-4-8-17(23)9-5-14)13-20(22(24)26)21(19)29-3/h4-13H,1-3H3,(H2,24,26). The molecule has 3 rings (SSSR count). The fraction of sp³-hybridized carbons (Fsp3) is 0.136. The Kier molecular flexibility index (Phi) is 6.17. The lowest BCUT2D eigenvalue weighted by Gasteiger charge is -2.16. The van der Waals surface area contributed by atoms with Crippen molar-refractivity contribution >= 4 is 27.5 Å². The van der Waals surface area contributed by atoms with Crippen molar-refractivity contribution in [2.45, 2.75) is 4.90 Å². The maximum absolute atomic E-state index is 12.3. The topological polar surface area (TPSA) is 89.7 Å².